The van der Waals surface area contributed by atoms with Crippen LogP contribution in [0.1, 0.15) is 31.9 Å². The van der Waals surface area contributed by atoms with Crippen LogP contribution in [0.3, 0.4) is 0 Å². The molecule has 0 atom stereocenters. The van der Waals surface area contributed by atoms with E-state index in [4.69, 9.17) is 16.3 Å². The third-order valence-corrected chi connectivity index (χ3v) is 3.39. The number of benzene rings is 2. The van der Waals surface area contributed by atoms with Gasteiger partial charge in [-0.15, -0.1) is 0 Å². The van der Waals surface area contributed by atoms with Gasteiger partial charge in [0.1, 0.15) is 11.4 Å². The Morgan fingerprint density at radius 1 is 1.12 bits per heavy atom. The largest absolute Gasteiger partial charge is 0.488 e. The summed E-state index contributed by atoms with van der Waals surface area (Å²) < 4.78 is 5.92. The van der Waals surface area contributed by atoms with Crippen molar-refractivity contribution < 1.29 is 9.53 Å². The van der Waals surface area contributed by atoms with Crippen LogP contribution in [0.5, 0.6) is 5.75 Å². The Bertz CT molecular complexity index is 715. The molecule has 0 aliphatic rings. The van der Waals surface area contributed by atoms with E-state index in [0.717, 1.165) is 16.9 Å². The van der Waals surface area contributed by atoms with Crippen LogP contribution in [0.25, 0.3) is 6.08 Å². The number of carbonyl (C=O) groups is 1. The molecule has 126 valence electrons. The summed E-state index contributed by atoms with van der Waals surface area (Å²) in [6, 6.07) is 15.0. The van der Waals surface area contributed by atoms with E-state index in [1.165, 1.54) is 6.08 Å². The molecule has 0 spiro atoms. The van der Waals surface area contributed by atoms with E-state index < -0.39 is 0 Å². The zero-order chi connectivity index (χ0) is 17.6. The molecule has 0 aromatic heterocycles. The average Bonchev–Trinajstić information content (AvgIpc) is 2.52. The number of ether oxygens (including phenoxy) is 1. The highest BCUT2D eigenvalue weighted by Crippen LogP contribution is 2.22. The maximum atomic E-state index is 12.0. The van der Waals surface area contributed by atoms with Gasteiger partial charge in [0.05, 0.1) is 0 Å². The molecule has 0 radical (unpaired) electrons. The first-order valence-corrected chi connectivity index (χ1v) is 8.20. The predicted octanol–water partition coefficient (Wildman–Crippen LogP) is 4.85. The number of para-hydroxylation sites is 1. The molecule has 1 amide bonds. The fourth-order valence-corrected chi connectivity index (χ4v) is 2.19. The molecule has 3 nitrogen and oxygen atoms in total. The van der Waals surface area contributed by atoms with Crippen molar-refractivity contribution in [2.75, 3.05) is 0 Å². The molecule has 24 heavy (non-hydrogen) atoms. The van der Waals surface area contributed by atoms with Crippen LogP contribution < -0.4 is 10.1 Å². The minimum absolute atomic E-state index is 0.157. The Hall–Kier alpha value is -2.26. The molecule has 2 rings (SSSR count). The van der Waals surface area contributed by atoms with E-state index in [0.29, 0.717) is 11.6 Å². The summed E-state index contributed by atoms with van der Waals surface area (Å²) in [5.41, 5.74) is 1.58. The summed E-state index contributed by atoms with van der Waals surface area (Å²) >= 11 is 5.84. The summed E-state index contributed by atoms with van der Waals surface area (Å²) in [4.78, 5) is 12.0. The summed E-state index contributed by atoms with van der Waals surface area (Å²) in [6.07, 6.45) is 3.26. The molecule has 0 aliphatic carbocycles. The van der Waals surface area contributed by atoms with Gasteiger partial charge in [0.2, 0.25) is 5.91 Å². The Morgan fingerprint density at radius 3 is 2.46 bits per heavy atom. The van der Waals surface area contributed by atoms with E-state index in [1.807, 2.05) is 57.2 Å². The summed E-state index contributed by atoms with van der Waals surface area (Å²) in [6.45, 7) is 6.40. The van der Waals surface area contributed by atoms with E-state index in [-0.39, 0.29) is 11.5 Å². The molecule has 0 heterocycles. The van der Waals surface area contributed by atoms with Crippen molar-refractivity contribution in [3.8, 4) is 5.75 Å². The summed E-state index contributed by atoms with van der Waals surface area (Å²) in [5.74, 6) is 0.627. The normalized spacial score (nSPS) is 11.5. The van der Waals surface area contributed by atoms with Gasteiger partial charge in [0, 0.05) is 23.2 Å². The molecule has 1 N–H and O–H groups in total. The standard InChI is InChI=1S/C20H22ClNO2/c1-20(2,3)24-18-7-5-4-6-16(18)14-22-19(23)13-10-15-8-11-17(21)12-9-15/h4-13H,14H2,1-3H3,(H,22,23)/b13-10+. The van der Waals surface area contributed by atoms with Crippen molar-refractivity contribution in [2.45, 2.75) is 32.9 Å². The van der Waals surface area contributed by atoms with Crippen molar-refractivity contribution in [2.24, 2.45) is 0 Å². The zero-order valence-corrected chi connectivity index (χ0v) is 14.9. The van der Waals surface area contributed by atoms with Crippen LogP contribution in [-0.4, -0.2) is 11.5 Å². The minimum Gasteiger partial charge on any atom is -0.488 e. The van der Waals surface area contributed by atoms with Gasteiger partial charge in [-0.1, -0.05) is 41.9 Å². The van der Waals surface area contributed by atoms with Gasteiger partial charge in [-0.25, -0.2) is 0 Å². The van der Waals surface area contributed by atoms with Crippen molar-refractivity contribution in [1.29, 1.82) is 0 Å². The fourth-order valence-electron chi connectivity index (χ4n) is 2.07. The van der Waals surface area contributed by atoms with Gasteiger partial charge >= 0.3 is 0 Å². The molecule has 2 aromatic rings. The maximum absolute atomic E-state index is 12.0. The number of carbonyl (C=O) groups excluding carboxylic acids is 1. The van der Waals surface area contributed by atoms with Crippen LogP contribution in [0, 0.1) is 0 Å². The van der Waals surface area contributed by atoms with E-state index in [9.17, 15) is 4.79 Å². The molecule has 0 bridgehead atoms. The van der Waals surface area contributed by atoms with Gasteiger partial charge < -0.3 is 10.1 Å². The number of amides is 1. The number of rotatable bonds is 5. The lowest BCUT2D eigenvalue weighted by Gasteiger charge is -2.23. The first kappa shape index (κ1) is 18.1. The Morgan fingerprint density at radius 2 is 1.79 bits per heavy atom. The highest BCUT2D eigenvalue weighted by atomic mass is 35.5. The highest BCUT2D eigenvalue weighted by Gasteiger charge is 2.14. The Balaban J connectivity index is 1.95. The third kappa shape index (κ3) is 6.09. The second-order valence-corrected chi connectivity index (χ2v) is 6.86. The Kier molecular flexibility index (Phi) is 6.04. The van der Waals surface area contributed by atoms with Gasteiger partial charge in [-0.05, 0) is 50.6 Å². The molecule has 0 unspecified atom stereocenters. The van der Waals surface area contributed by atoms with Crippen molar-refractivity contribution in [1.82, 2.24) is 5.32 Å². The van der Waals surface area contributed by atoms with Crippen LogP contribution >= 0.6 is 11.6 Å². The molecular formula is C20H22ClNO2. The maximum Gasteiger partial charge on any atom is 0.244 e. The van der Waals surface area contributed by atoms with Gasteiger partial charge in [-0.2, -0.15) is 0 Å². The lowest BCUT2D eigenvalue weighted by Crippen LogP contribution is -2.25. The number of hydrogen-bond acceptors (Lipinski definition) is 2. The first-order valence-electron chi connectivity index (χ1n) is 7.82. The molecule has 0 saturated carbocycles. The third-order valence-electron chi connectivity index (χ3n) is 3.14. The molecule has 0 aliphatic heterocycles. The molecule has 4 heteroatoms. The molecular weight excluding hydrogens is 322 g/mol. The topological polar surface area (TPSA) is 38.3 Å². The van der Waals surface area contributed by atoms with Crippen LogP contribution in [0.15, 0.2) is 54.6 Å². The highest BCUT2D eigenvalue weighted by molar-refractivity contribution is 6.30. The SMILES string of the molecule is CC(C)(C)Oc1ccccc1CNC(=O)/C=C/c1ccc(Cl)cc1. The van der Waals surface area contributed by atoms with Crippen LogP contribution in [0.2, 0.25) is 5.02 Å². The predicted molar refractivity (Wildman–Crippen MR) is 99.2 cm³/mol. The van der Waals surface area contributed by atoms with Gasteiger partial charge in [0.15, 0.2) is 0 Å². The lowest BCUT2D eigenvalue weighted by atomic mass is 10.1. The van der Waals surface area contributed by atoms with E-state index in [1.54, 1.807) is 18.2 Å². The summed E-state index contributed by atoms with van der Waals surface area (Å²) in [7, 11) is 0. The molecule has 0 fully saturated rings. The summed E-state index contributed by atoms with van der Waals surface area (Å²) in [5, 5.41) is 3.55. The molecule has 0 saturated heterocycles. The second-order valence-electron chi connectivity index (χ2n) is 6.42. The fraction of sp³-hybridized carbons (Fsp3) is 0.250. The number of halogens is 1. The smallest absolute Gasteiger partial charge is 0.244 e. The first-order chi connectivity index (χ1) is 11.3. The second kappa shape index (κ2) is 8.02. The quantitative estimate of drug-likeness (QED) is 0.788. The van der Waals surface area contributed by atoms with E-state index in [2.05, 4.69) is 5.32 Å². The monoisotopic (exact) mass is 343 g/mol. The minimum atomic E-state index is -0.283. The zero-order valence-electron chi connectivity index (χ0n) is 14.2. The van der Waals surface area contributed by atoms with Gasteiger partial charge in [-0.3, -0.25) is 4.79 Å². The number of hydrogen-bond donors (Lipinski definition) is 1. The van der Waals surface area contributed by atoms with Gasteiger partial charge in [0.25, 0.3) is 0 Å². The van der Waals surface area contributed by atoms with Crippen molar-refractivity contribution >= 4 is 23.6 Å². The van der Waals surface area contributed by atoms with Crippen LogP contribution in [-0.2, 0) is 11.3 Å². The van der Waals surface area contributed by atoms with Crippen molar-refractivity contribution in [3.05, 3.63) is 70.8 Å². The number of nitrogens with one attached hydrogen (secondary N) is 1. The lowest BCUT2D eigenvalue weighted by molar-refractivity contribution is -0.116. The van der Waals surface area contributed by atoms with Crippen molar-refractivity contribution in [3.63, 3.8) is 0 Å². The average molecular weight is 344 g/mol. The Labute approximate surface area is 148 Å². The van der Waals surface area contributed by atoms with Crippen LogP contribution in [0.4, 0.5) is 0 Å². The molecule has 2 aromatic carbocycles. The van der Waals surface area contributed by atoms with E-state index >= 15 is 0 Å².